The molecule has 0 spiro atoms. The standard InChI is InChI=1S/C40H68N2O21/c43-19-22-29(49)32(52)34(54)38(59-22)58-21-24-31(51)37(62-40-35(55)33(53)30(50)23(20-44)60-40)36(56)39(61-24)57-18-17-41-25(45)13-11-9-7-5-3-1-2-4-6-8-10-12-14-28(48)63-42-26(46)15-16-27(42)47/h22-24,29-40,43-44,49-56H,1-21H2,(H,41,45)/t22?,23?,24?,29-,30-,31-,32?,33?,34?,35?,36?,37?,38+,39+,40-/m1/s1. The van der Waals surface area contributed by atoms with Gasteiger partial charge in [-0.25, -0.2) is 4.79 Å². The van der Waals surface area contributed by atoms with E-state index in [0.29, 0.717) is 17.9 Å². The number of aliphatic hydroxyl groups is 10. The molecule has 0 aromatic rings. The second-order valence-corrected chi connectivity index (χ2v) is 16.4. The van der Waals surface area contributed by atoms with Crippen molar-refractivity contribution in [2.45, 2.75) is 195 Å². The van der Waals surface area contributed by atoms with E-state index >= 15 is 0 Å². The molecule has 0 bridgehead atoms. The SMILES string of the molecule is O=C(CCCCCCCCCCCCCCC(=O)ON1C(=O)CCC1=O)NCCO[C@H]1OC(CO[C@H]2OC(CO)[C@@H](O)C(O)C2O)[C@@H](O)C(O[C@H]2OC(CO)[C@@H](O)C(O)C2O)C1O. The molecule has 4 rings (SSSR count). The summed E-state index contributed by atoms with van der Waals surface area (Å²) in [5.41, 5.74) is 0. The lowest BCUT2D eigenvalue weighted by Gasteiger charge is -2.46. The van der Waals surface area contributed by atoms with E-state index in [1.165, 1.54) is 0 Å². The van der Waals surface area contributed by atoms with Crippen LogP contribution in [0.15, 0.2) is 0 Å². The molecule has 4 fully saturated rings. The minimum absolute atomic E-state index is 0.00778. The van der Waals surface area contributed by atoms with E-state index in [2.05, 4.69) is 5.32 Å². The van der Waals surface area contributed by atoms with Crippen LogP contribution in [0.1, 0.15) is 103 Å². The molecule has 63 heavy (non-hydrogen) atoms. The first kappa shape index (κ1) is 53.1. The Balaban J connectivity index is 1.11. The van der Waals surface area contributed by atoms with E-state index in [-0.39, 0.29) is 44.7 Å². The molecule has 0 aromatic carbocycles. The van der Waals surface area contributed by atoms with Gasteiger partial charge in [-0.1, -0.05) is 64.2 Å². The van der Waals surface area contributed by atoms with Crippen LogP contribution in [0.3, 0.4) is 0 Å². The summed E-state index contributed by atoms with van der Waals surface area (Å²) in [6, 6.07) is 0. The van der Waals surface area contributed by atoms with Crippen molar-refractivity contribution < 1.29 is 104 Å². The van der Waals surface area contributed by atoms with Crippen molar-refractivity contribution in [3.63, 3.8) is 0 Å². The van der Waals surface area contributed by atoms with Crippen molar-refractivity contribution >= 4 is 23.7 Å². The highest BCUT2D eigenvalue weighted by Gasteiger charge is 2.52. The molecule has 0 aromatic heterocycles. The molecule has 4 saturated heterocycles. The molecule has 23 heteroatoms. The van der Waals surface area contributed by atoms with Crippen LogP contribution in [0.5, 0.6) is 0 Å². The first-order chi connectivity index (χ1) is 30.2. The first-order valence-electron chi connectivity index (χ1n) is 22.0. The third-order valence-corrected chi connectivity index (χ3v) is 11.5. The Morgan fingerprint density at radius 2 is 1.02 bits per heavy atom. The fraction of sp³-hybridized carbons (Fsp3) is 0.900. The molecular weight excluding hydrogens is 844 g/mol. The summed E-state index contributed by atoms with van der Waals surface area (Å²) in [5, 5.41) is 106. The van der Waals surface area contributed by atoms with E-state index in [0.717, 1.165) is 64.2 Å². The maximum atomic E-state index is 12.5. The number of hydrogen-bond acceptors (Lipinski definition) is 21. The summed E-state index contributed by atoms with van der Waals surface area (Å²) in [4.78, 5) is 52.3. The van der Waals surface area contributed by atoms with Gasteiger partial charge in [0.05, 0.1) is 26.4 Å². The average molecular weight is 913 g/mol. The highest BCUT2D eigenvalue weighted by molar-refractivity contribution is 6.01. The minimum Gasteiger partial charge on any atom is -0.394 e. The number of hydrogen-bond donors (Lipinski definition) is 11. The number of amides is 3. The number of imide groups is 1. The first-order valence-corrected chi connectivity index (χ1v) is 22.0. The molecule has 4 aliphatic heterocycles. The summed E-state index contributed by atoms with van der Waals surface area (Å²) < 4.78 is 33.4. The molecule has 9 unspecified atom stereocenters. The van der Waals surface area contributed by atoms with Crippen molar-refractivity contribution in [1.82, 2.24) is 10.4 Å². The van der Waals surface area contributed by atoms with Gasteiger partial charge in [-0.2, -0.15) is 0 Å². The number of ether oxygens (including phenoxy) is 6. The Hall–Kier alpha value is -2.56. The summed E-state index contributed by atoms with van der Waals surface area (Å²) in [7, 11) is 0. The number of carbonyl (C=O) groups is 4. The predicted octanol–water partition coefficient (Wildman–Crippen LogP) is -3.36. The Morgan fingerprint density at radius 1 is 0.556 bits per heavy atom. The van der Waals surface area contributed by atoms with Crippen LogP contribution in [0.25, 0.3) is 0 Å². The molecule has 4 aliphatic rings. The lowest BCUT2D eigenvalue weighted by atomic mass is 9.96. The Morgan fingerprint density at radius 3 is 1.56 bits per heavy atom. The quantitative estimate of drug-likeness (QED) is 0.0283. The summed E-state index contributed by atoms with van der Waals surface area (Å²) >= 11 is 0. The molecule has 15 atom stereocenters. The van der Waals surface area contributed by atoms with Gasteiger partial charge in [-0.05, 0) is 12.8 Å². The Kier molecular flexibility index (Phi) is 22.9. The fourth-order valence-electron chi connectivity index (χ4n) is 7.65. The average Bonchev–Trinajstić information content (AvgIpc) is 3.58. The van der Waals surface area contributed by atoms with Crippen molar-refractivity contribution in [3.05, 3.63) is 0 Å². The maximum absolute atomic E-state index is 12.5. The monoisotopic (exact) mass is 912 g/mol. The predicted molar refractivity (Wildman–Crippen MR) is 210 cm³/mol. The minimum atomic E-state index is -1.89. The normalized spacial score (nSPS) is 35.0. The van der Waals surface area contributed by atoms with Crippen LogP contribution in [0.4, 0.5) is 0 Å². The van der Waals surface area contributed by atoms with E-state index < -0.39 is 130 Å². The number of unbranched alkanes of at least 4 members (excludes halogenated alkanes) is 11. The third-order valence-electron chi connectivity index (χ3n) is 11.5. The van der Waals surface area contributed by atoms with Crippen molar-refractivity contribution in [2.75, 3.05) is 33.0 Å². The molecule has 3 amide bonds. The van der Waals surface area contributed by atoms with Gasteiger partial charge < -0.3 is 89.6 Å². The second-order valence-electron chi connectivity index (χ2n) is 16.4. The summed E-state index contributed by atoms with van der Waals surface area (Å²) in [6.07, 6.45) is -12.8. The molecule has 23 nitrogen and oxygen atoms in total. The molecule has 0 saturated carbocycles. The van der Waals surface area contributed by atoms with E-state index in [1.807, 2.05) is 0 Å². The molecular formula is C40H68N2O21. The number of rotatable bonds is 27. The fourth-order valence-corrected chi connectivity index (χ4v) is 7.65. The van der Waals surface area contributed by atoms with Gasteiger partial charge in [0.15, 0.2) is 18.9 Å². The molecule has 0 radical (unpaired) electrons. The van der Waals surface area contributed by atoms with Crippen molar-refractivity contribution in [2.24, 2.45) is 0 Å². The zero-order chi connectivity index (χ0) is 46.1. The largest absolute Gasteiger partial charge is 0.394 e. The second kappa shape index (κ2) is 27.2. The van der Waals surface area contributed by atoms with Gasteiger partial charge in [0.1, 0.15) is 73.2 Å². The lowest BCUT2D eigenvalue weighted by molar-refractivity contribution is -0.366. The van der Waals surface area contributed by atoms with Gasteiger partial charge in [-0.3, -0.25) is 14.4 Å². The van der Waals surface area contributed by atoms with E-state index in [4.69, 9.17) is 33.3 Å². The van der Waals surface area contributed by atoms with E-state index in [1.54, 1.807) is 0 Å². The number of hydroxylamine groups is 2. The molecule has 0 aliphatic carbocycles. The zero-order valence-corrected chi connectivity index (χ0v) is 35.4. The van der Waals surface area contributed by atoms with Crippen LogP contribution in [-0.4, -0.2) is 205 Å². The van der Waals surface area contributed by atoms with Crippen LogP contribution in [0.2, 0.25) is 0 Å². The van der Waals surface area contributed by atoms with Gasteiger partial charge in [0.2, 0.25) is 5.91 Å². The summed E-state index contributed by atoms with van der Waals surface area (Å²) in [5.74, 6) is -1.75. The van der Waals surface area contributed by atoms with Crippen LogP contribution in [0, 0.1) is 0 Å². The highest BCUT2D eigenvalue weighted by Crippen LogP contribution is 2.31. The zero-order valence-electron chi connectivity index (χ0n) is 35.4. The van der Waals surface area contributed by atoms with Crippen LogP contribution >= 0.6 is 0 Å². The Labute approximate surface area is 365 Å². The van der Waals surface area contributed by atoms with Gasteiger partial charge in [-0.15, -0.1) is 5.06 Å². The third kappa shape index (κ3) is 15.8. The lowest BCUT2D eigenvalue weighted by Crippen LogP contribution is -2.65. The van der Waals surface area contributed by atoms with Crippen LogP contribution in [-0.2, 0) is 52.4 Å². The van der Waals surface area contributed by atoms with E-state index in [9.17, 15) is 70.2 Å². The number of nitrogens with zero attached hydrogens (tertiary/aromatic N) is 1. The molecule has 11 N–H and O–H groups in total. The maximum Gasteiger partial charge on any atom is 0.333 e. The topological polar surface area (TPSA) is 350 Å². The number of aliphatic hydroxyl groups excluding tert-OH is 10. The number of nitrogens with one attached hydrogen (secondary N) is 1. The van der Waals surface area contributed by atoms with Crippen LogP contribution < -0.4 is 5.32 Å². The van der Waals surface area contributed by atoms with Gasteiger partial charge >= 0.3 is 5.97 Å². The van der Waals surface area contributed by atoms with Gasteiger partial charge in [0, 0.05) is 32.2 Å². The smallest absolute Gasteiger partial charge is 0.333 e. The van der Waals surface area contributed by atoms with Crippen molar-refractivity contribution in [1.29, 1.82) is 0 Å². The van der Waals surface area contributed by atoms with Gasteiger partial charge in [0.25, 0.3) is 11.8 Å². The summed E-state index contributed by atoms with van der Waals surface area (Å²) in [6.45, 7) is -2.29. The highest BCUT2D eigenvalue weighted by atomic mass is 16.8. The Bertz CT molecular complexity index is 1380. The number of carbonyl (C=O) groups excluding carboxylic acids is 4. The molecule has 364 valence electrons. The van der Waals surface area contributed by atoms with Crippen molar-refractivity contribution in [3.8, 4) is 0 Å². The molecule has 4 heterocycles.